The van der Waals surface area contributed by atoms with Crippen LogP contribution in [-0.4, -0.2) is 12.0 Å². The van der Waals surface area contributed by atoms with Gasteiger partial charge in [-0.15, -0.1) is 0 Å². The lowest BCUT2D eigenvalue weighted by atomic mass is 10.2. The van der Waals surface area contributed by atoms with Gasteiger partial charge in [0.25, 0.3) is 5.91 Å². The number of anilines is 1. The van der Waals surface area contributed by atoms with Gasteiger partial charge in [0.1, 0.15) is 5.75 Å². The molecule has 110 valence electrons. The lowest BCUT2D eigenvalue weighted by molar-refractivity contribution is -0.122. The number of benzene rings is 2. The first kappa shape index (κ1) is 15.1. The van der Waals surface area contributed by atoms with Gasteiger partial charge in [-0.05, 0) is 50.1 Å². The molecule has 2 rings (SSSR count). The van der Waals surface area contributed by atoms with Gasteiger partial charge in [-0.2, -0.15) is 0 Å². The summed E-state index contributed by atoms with van der Waals surface area (Å²) >= 11 is 0. The average molecular weight is 283 g/mol. The molecule has 0 aliphatic heterocycles. The van der Waals surface area contributed by atoms with Gasteiger partial charge in [-0.25, -0.2) is 0 Å². The van der Waals surface area contributed by atoms with Gasteiger partial charge >= 0.3 is 0 Å². The molecule has 2 aromatic rings. The Hall–Kier alpha value is -2.29. The zero-order valence-electron chi connectivity index (χ0n) is 12.7. The Kier molecular flexibility index (Phi) is 4.99. The molecule has 3 heteroatoms. The third-order valence-corrected chi connectivity index (χ3v) is 3.25. The fraction of sp³-hybridized carbons (Fsp3) is 0.278. The molecule has 1 atom stereocenters. The number of hydrogen-bond donors (Lipinski definition) is 1. The molecule has 0 saturated heterocycles. The molecule has 1 N–H and O–H groups in total. The van der Waals surface area contributed by atoms with Crippen molar-refractivity contribution in [1.82, 2.24) is 0 Å². The van der Waals surface area contributed by atoms with Crippen molar-refractivity contribution in [2.45, 2.75) is 33.3 Å². The standard InChI is InChI=1S/C18H21NO2/c1-4-17(21-16-7-5-6-14(3)12-16)18(20)19-15-10-8-13(2)9-11-15/h5-12,17H,4H2,1-3H3,(H,19,20)/t17-/m1/s1. The molecule has 0 saturated carbocycles. The summed E-state index contributed by atoms with van der Waals surface area (Å²) in [6.45, 7) is 5.96. The molecule has 0 radical (unpaired) electrons. The predicted octanol–water partition coefficient (Wildman–Crippen LogP) is 4.10. The number of carbonyl (C=O) groups is 1. The molecule has 2 aromatic carbocycles. The van der Waals surface area contributed by atoms with Crippen LogP contribution in [0.1, 0.15) is 24.5 Å². The van der Waals surface area contributed by atoms with Crippen LogP contribution >= 0.6 is 0 Å². The maximum atomic E-state index is 12.3. The number of nitrogens with one attached hydrogen (secondary N) is 1. The van der Waals surface area contributed by atoms with Crippen LogP contribution in [0.4, 0.5) is 5.69 Å². The molecule has 0 bridgehead atoms. The zero-order valence-corrected chi connectivity index (χ0v) is 12.7. The molecule has 0 spiro atoms. The minimum atomic E-state index is -0.492. The Morgan fingerprint density at radius 1 is 1.10 bits per heavy atom. The monoisotopic (exact) mass is 283 g/mol. The summed E-state index contributed by atoms with van der Waals surface area (Å²) in [5.74, 6) is 0.601. The van der Waals surface area contributed by atoms with Crippen LogP contribution in [-0.2, 0) is 4.79 Å². The molecule has 3 nitrogen and oxygen atoms in total. The molecule has 1 amide bonds. The van der Waals surface area contributed by atoms with E-state index in [9.17, 15) is 4.79 Å². The van der Waals surface area contributed by atoms with Gasteiger partial charge in [0.05, 0.1) is 0 Å². The highest BCUT2D eigenvalue weighted by Gasteiger charge is 2.18. The highest BCUT2D eigenvalue weighted by molar-refractivity contribution is 5.94. The average Bonchev–Trinajstić information content (AvgIpc) is 2.47. The van der Waals surface area contributed by atoms with E-state index in [1.165, 1.54) is 0 Å². The van der Waals surface area contributed by atoms with Gasteiger partial charge in [-0.3, -0.25) is 4.79 Å². The molecule has 0 aliphatic rings. The highest BCUT2D eigenvalue weighted by atomic mass is 16.5. The summed E-state index contributed by atoms with van der Waals surface area (Å²) in [7, 11) is 0. The maximum absolute atomic E-state index is 12.3. The third kappa shape index (κ3) is 4.35. The lowest BCUT2D eigenvalue weighted by Gasteiger charge is -2.17. The molecule has 0 unspecified atom stereocenters. The van der Waals surface area contributed by atoms with E-state index in [4.69, 9.17) is 4.74 Å². The van der Waals surface area contributed by atoms with E-state index >= 15 is 0 Å². The first-order valence-electron chi connectivity index (χ1n) is 7.19. The fourth-order valence-electron chi connectivity index (χ4n) is 2.03. The number of carbonyl (C=O) groups excluding carboxylic acids is 1. The van der Waals surface area contributed by atoms with E-state index in [2.05, 4.69) is 5.32 Å². The van der Waals surface area contributed by atoms with E-state index < -0.39 is 6.10 Å². The van der Waals surface area contributed by atoms with E-state index in [1.54, 1.807) is 0 Å². The van der Waals surface area contributed by atoms with Crippen molar-refractivity contribution < 1.29 is 9.53 Å². The van der Waals surface area contributed by atoms with Crippen molar-refractivity contribution >= 4 is 11.6 Å². The van der Waals surface area contributed by atoms with Crippen molar-refractivity contribution in [3.05, 3.63) is 59.7 Å². The van der Waals surface area contributed by atoms with Gasteiger partial charge in [0, 0.05) is 5.69 Å². The Morgan fingerprint density at radius 2 is 1.81 bits per heavy atom. The lowest BCUT2D eigenvalue weighted by Crippen LogP contribution is -2.32. The predicted molar refractivity (Wildman–Crippen MR) is 85.7 cm³/mol. The van der Waals surface area contributed by atoms with Crippen molar-refractivity contribution in [1.29, 1.82) is 0 Å². The number of hydrogen-bond acceptors (Lipinski definition) is 2. The molecular weight excluding hydrogens is 262 g/mol. The van der Waals surface area contributed by atoms with Gasteiger partial charge in [0.15, 0.2) is 6.10 Å². The Bertz CT molecular complexity index is 605. The van der Waals surface area contributed by atoms with Crippen molar-refractivity contribution in [3.63, 3.8) is 0 Å². The van der Waals surface area contributed by atoms with Crippen LogP contribution in [0.2, 0.25) is 0 Å². The Balaban J connectivity index is 2.03. The first-order valence-corrected chi connectivity index (χ1v) is 7.19. The minimum absolute atomic E-state index is 0.122. The van der Waals surface area contributed by atoms with E-state index in [1.807, 2.05) is 69.3 Å². The van der Waals surface area contributed by atoms with Crippen molar-refractivity contribution in [2.24, 2.45) is 0 Å². The van der Waals surface area contributed by atoms with Crippen molar-refractivity contribution in [3.8, 4) is 5.75 Å². The van der Waals surface area contributed by atoms with Crippen LogP contribution < -0.4 is 10.1 Å². The van der Waals surface area contributed by atoms with Crippen molar-refractivity contribution in [2.75, 3.05) is 5.32 Å². The van der Waals surface area contributed by atoms with Crippen LogP contribution in [0.15, 0.2) is 48.5 Å². The smallest absolute Gasteiger partial charge is 0.265 e. The number of rotatable bonds is 5. The number of aryl methyl sites for hydroxylation is 2. The summed E-state index contributed by atoms with van der Waals surface area (Å²) in [5.41, 5.74) is 3.06. The number of ether oxygens (including phenoxy) is 1. The maximum Gasteiger partial charge on any atom is 0.265 e. The number of amides is 1. The molecule has 0 heterocycles. The van der Waals surface area contributed by atoms with Gasteiger partial charge < -0.3 is 10.1 Å². The van der Waals surface area contributed by atoms with Crippen LogP contribution in [0.3, 0.4) is 0 Å². The van der Waals surface area contributed by atoms with Crippen LogP contribution in [0, 0.1) is 13.8 Å². The van der Waals surface area contributed by atoms with Gasteiger partial charge in [-0.1, -0.05) is 36.8 Å². The molecular formula is C18H21NO2. The van der Waals surface area contributed by atoms with E-state index in [0.29, 0.717) is 6.42 Å². The normalized spacial score (nSPS) is 11.8. The quantitative estimate of drug-likeness (QED) is 0.897. The van der Waals surface area contributed by atoms with E-state index in [-0.39, 0.29) is 5.91 Å². The first-order chi connectivity index (χ1) is 10.1. The summed E-state index contributed by atoms with van der Waals surface area (Å²) in [6.07, 6.45) is 0.124. The largest absolute Gasteiger partial charge is 0.481 e. The van der Waals surface area contributed by atoms with Crippen LogP contribution in [0.25, 0.3) is 0 Å². The second-order valence-corrected chi connectivity index (χ2v) is 5.19. The molecule has 0 fully saturated rings. The summed E-state index contributed by atoms with van der Waals surface area (Å²) in [5, 5.41) is 2.89. The third-order valence-electron chi connectivity index (χ3n) is 3.25. The second-order valence-electron chi connectivity index (χ2n) is 5.19. The van der Waals surface area contributed by atoms with Crippen LogP contribution in [0.5, 0.6) is 5.75 Å². The Labute approximate surface area is 126 Å². The van der Waals surface area contributed by atoms with E-state index in [0.717, 1.165) is 22.6 Å². The second kappa shape index (κ2) is 6.93. The Morgan fingerprint density at radius 3 is 2.43 bits per heavy atom. The fourth-order valence-corrected chi connectivity index (χ4v) is 2.03. The highest BCUT2D eigenvalue weighted by Crippen LogP contribution is 2.17. The minimum Gasteiger partial charge on any atom is -0.481 e. The topological polar surface area (TPSA) is 38.3 Å². The SMILES string of the molecule is CC[C@@H](Oc1cccc(C)c1)C(=O)Nc1ccc(C)cc1. The molecule has 0 aliphatic carbocycles. The summed E-state index contributed by atoms with van der Waals surface area (Å²) in [6, 6.07) is 15.5. The summed E-state index contributed by atoms with van der Waals surface area (Å²) in [4.78, 5) is 12.3. The van der Waals surface area contributed by atoms with Gasteiger partial charge in [0.2, 0.25) is 0 Å². The molecule has 21 heavy (non-hydrogen) atoms. The molecule has 0 aromatic heterocycles. The zero-order chi connectivity index (χ0) is 15.2. The summed E-state index contributed by atoms with van der Waals surface area (Å²) < 4.78 is 5.79.